The number of hydrogen-bond donors (Lipinski definition) is 2. The number of H-pyrrole nitrogens is 1. The molecule has 5 rings (SSSR count). The number of sulfonamides is 1. The molecule has 0 atom stereocenters. The van der Waals surface area contributed by atoms with E-state index < -0.39 is 36.7 Å². The molecule has 0 radical (unpaired) electrons. The molecule has 3 N–H and O–H groups in total. The van der Waals surface area contributed by atoms with Crippen LogP contribution in [0.1, 0.15) is 5.56 Å². The standard InChI is InChI=1S/C25H18Cl2FN5O6S3/c1-14-2-5-16(6-3-14)42(36,37)39-33(24-12-40-13-30-24)41(34,35)23-9-19(27)22(10-20(23)28)38-21-7-4-15(26)8-17(21)18-11-31-32-25(18)29/h2-13H,1H3,(H3,29,31,32). The number of nitrogens with zero attached hydrogens (tertiary/aromatic N) is 3. The van der Waals surface area contributed by atoms with E-state index in [0.717, 1.165) is 29.0 Å². The molecule has 0 saturated carbocycles. The molecule has 3 aromatic carbocycles. The highest BCUT2D eigenvalue weighted by Crippen LogP contribution is 2.41. The van der Waals surface area contributed by atoms with Crippen LogP contribution in [-0.2, 0) is 24.4 Å². The molecular formula is C25H18Cl2FN5O6S3. The summed E-state index contributed by atoms with van der Waals surface area (Å²) in [7, 11) is -9.75. The number of thiazole rings is 1. The van der Waals surface area contributed by atoms with Crippen LogP contribution >= 0.6 is 34.5 Å². The van der Waals surface area contributed by atoms with Gasteiger partial charge in [0.15, 0.2) is 5.82 Å². The third-order valence-corrected chi connectivity index (χ3v) is 9.65. The van der Waals surface area contributed by atoms with Gasteiger partial charge < -0.3 is 10.5 Å². The lowest BCUT2D eigenvalue weighted by Crippen LogP contribution is -2.34. The molecule has 0 saturated heterocycles. The second-order valence-electron chi connectivity index (χ2n) is 8.57. The predicted octanol–water partition coefficient (Wildman–Crippen LogP) is 6.18. The van der Waals surface area contributed by atoms with Crippen LogP contribution in [0.25, 0.3) is 11.1 Å². The Hall–Kier alpha value is -3.73. The van der Waals surface area contributed by atoms with E-state index in [1.807, 2.05) is 0 Å². The van der Waals surface area contributed by atoms with Crippen molar-refractivity contribution in [2.75, 3.05) is 10.2 Å². The van der Waals surface area contributed by atoms with E-state index in [4.69, 9.17) is 38.0 Å². The van der Waals surface area contributed by atoms with Gasteiger partial charge in [0.2, 0.25) is 0 Å². The molecular weight excluding hydrogens is 652 g/mol. The van der Waals surface area contributed by atoms with Crippen LogP contribution in [-0.4, -0.2) is 32.0 Å². The number of benzene rings is 3. The van der Waals surface area contributed by atoms with Crippen LogP contribution in [0.3, 0.4) is 0 Å². The minimum Gasteiger partial charge on any atom is -0.455 e. The van der Waals surface area contributed by atoms with E-state index in [0.29, 0.717) is 16.1 Å². The predicted molar refractivity (Wildman–Crippen MR) is 156 cm³/mol. The zero-order chi connectivity index (χ0) is 30.2. The molecule has 0 fully saturated rings. The number of aryl methyl sites for hydroxylation is 1. The Bertz CT molecular complexity index is 1990. The monoisotopic (exact) mass is 669 g/mol. The lowest BCUT2D eigenvalue weighted by atomic mass is 10.1. The van der Waals surface area contributed by atoms with E-state index in [2.05, 4.69) is 15.2 Å². The van der Waals surface area contributed by atoms with Gasteiger partial charge in [-0.15, -0.1) is 20.1 Å². The highest BCUT2D eigenvalue weighted by atomic mass is 35.5. The van der Waals surface area contributed by atoms with E-state index >= 15 is 4.39 Å². The normalized spacial score (nSPS) is 11.9. The van der Waals surface area contributed by atoms with Crippen LogP contribution in [0.5, 0.6) is 11.5 Å². The van der Waals surface area contributed by atoms with Gasteiger partial charge in [-0.2, -0.15) is 21.9 Å². The summed E-state index contributed by atoms with van der Waals surface area (Å²) in [5, 5.41) is 7.69. The van der Waals surface area contributed by atoms with Crippen LogP contribution < -0.4 is 14.9 Å². The summed E-state index contributed by atoms with van der Waals surface area (Å²) < 4.78 is 79.7. The molecule has 42 heavy (non-hydrogen) atoms. The molecule has 0 aliphatic carbocycles. The topological polar surface area (TPSA) is 158 Å². The van der Waals surface area contributed by atoms with Gasteiger partial charge in [-0.1, -0.05) is 40.9 Å². The molecule has 0 bridgehead atoms. The molecule has 218 valence electrons. The number of nitrogens with two attached hydrogens (primary N) is 1. The highest BCUT2D eigenvalue weighted by molar-refractivity contribution is 7.94. The molecule has 2 aromatic heterocycles. The first-order chi connectivity index (χ1) is 19.9. The Morgan fingerprint density at radius 2 is 1.74 bits per heavy atom. The van der Waals surface area contributed by atoms with Gasteiger partial charge in [0.25, 0.3) is 10.0 Å². The molecule has 2 heterocycles. The summed E-state index contributed by atoms with van der Waals surface area (Å²) in [6, 6.07) is 11.5. The van der Waals surface area contributed by atoms with Crippen molar-refractivity contribution in [2.24, 2.45) is 0 Å². The zero-order valence-corrected chi connectivity index (χ0v) is 25.1. The Balaban J connectivity index is 1.53. The molecule has 0 aliphatic rings. The molecule has 11 nitrogen and oxygen atoms in total. The van der Waals surface area contributed by atoms with Gasteiger partial charge in [-0.05, 0) is 43.3 Å². The second-order valence-corrected chi connectivity index (χ2v) is 13.4. The summed E-state index contributed by atoms with van der Waals surface area (Å²) in [5.41, 5.74) is 8.77. The average Bonchev–Trinajstić information content (AvgIpc) is 3.62. The van der Waals surface area contributed by atoms with Gasteiger partial charge in [0, 0.05) is 27.6 Å². The Kier molecular flexibility index (Phi) is 8.15. The van der Waals surface area contributed by atoms with Gasteiger partial charge in [0.1, 0.15) is 28.0 Å². The smallest absolute Gasteiger partial charge is 0.318 e. The minimum absolute atomic E-state index is 0.0208. The summed E-state index contributed by atoms with van der Waals surface area (Å²) >= 11 is 13.5. The fourth-order valence-electron chi connectivity index (χ4n) is 3.64. The van der Waals surface area contributed by atoms with Gasteiger partial charge in [-0.3, -0.25) is 5.10 Å². The summed E-state index contributed by atoms with van der Waals surface area (Å²) in [6.45, 7) is 1.74. The Morgan fingerprint density at radius 3 is 2.38 bits per heavy atom. The van der Waals surface area contributed by atoms with Crippen molar-refractivity contribution in [3.63, 3.8) is 0 Å². The van der Waals surface area contributed by atoms with Crippen LogP contribution in [0, 0.1) is 12.7 Å². The average molecular weight is 671 g/mol. The summed E-state index contributed by atoms with van der Waals surface area (Å²) in [5.74, 6) is -1.63. The van der Waals surface area contributed by atoms with Crippen molar-refractivity contribution in [1.82, 2.24) is 15.2 Å². The van der Waals surface area contributed by atoms with Crippen molar-refractivity contribution in [2.45, 2.75) is 16.7 Å². The number of hydrogen-bond acceptors (Lipinski definition) is 10. The number of nitrogens with one attached hydrogen (secondary N) is 1. The number of rotatable bonds is 9. The molecule has 0 aliphatic heterocycles. The van der Waals surface area contributed by atoms with Crippen molar-refractivity contribution >= 4 is 66.3 Å². The Morgan fingerprint density at radius 1 is 1.00 bits per heavy atom. The first-order valence-corrected chi connectivity index (χ1v) is 16.1. The second kappa shape index (κ2) is 11.5. The van der Waals surface area contributed by atoms with E-state index in [1.165, 1.54) is 53.5 Å². The SMILES string of the molecule is Cc1ccc(S(=O)(=O)ON(c2cscn2)S(=O)(=O)c2cc(Cl)c(Oc3ccc(Cl)cc3-c3cn[nH]c3N)cc2F)cc1. The molecule has 0 spiro atoms. The third-order valence-electron chi connectivity index (χ3n) is 5.68. The van der Waals surface area contributed by atoms with Gasteiger partial charge in [0.05, 0.1) is 21.6 Å². The number of ether oxygens (including phenoxy) is 1. The number of aromatic nitrogens is 3. The van der Waals surface area contributed by atoms with E-state index in [9.17, 15) is 16.8 Å². The molecule has 17 heteroatoms. The quantitative estimate of drug-likeness (QED) is 0.175. The van der Waals surface area contributed by atoms with E-state index in [-0.39, 0.29) is 31.7 Å². The summed E-state index contributed by atoms with van der Waals surface area (Å²) in [6.07, 6.45) is 1.43. The first kappa shape index (κ1) is 29.8. The van der Waals surface area contributed by atoms with Crippen molar-refractivity contribution in [1.29, 1.82) is 0 Å². The van der Waals surface area contributed by atoms with E-state index in [1.54, 1.807) is 13.0 Å². The van der Waals surface area contributed by atoms with Crippen LogP contribution in [0.4, 0.5) is 16.0 Å². The molecule has 5 aromatic rings. The Labute approximate surface area is 253 Å². The van der Waals surface area contributed by atoms with Gasteiger partial charge in [-0.25, -0.2) is 9.37 Å². The van der Waals surface area contributed by atoms with Gasteiger partial charge >= 0.3 is 10.1 Å². The highest BCUT2D eigenvalue weighted by Gasteiger charge is 2.36. The lowest BCUT2D eigenvalue weighted by Gasteiger charge is -2.21. The largest absolute Gasteiger partial charge is 0.455 e. The molecule has 0 amide bonds. The van der Waals surface area contributed by atoms with Crippen LogP contribution in [0.15, 0.2) is 81.5 Å². The molecule has 0 unspecified atom stereocenters. The number of nitrogen functional groups attached to an aromatic ring is 1. The maximum absolute atomic E-state index is 15.5. The maximum Gasteiger partial charge on any atom is 0.318 e. The maximum atomic E-state index is 15.5. The minimum atomic E-state index is -5.06. The van der Waals surface area contributed by atoms with Crippen molar-refractivity contribution in [3.8, 4) is 22.6 Å². The number of aromatic amines is 1. The lowest BCUT2D eigenvalue weighted by molar-refractivity contribution is 0.332. The third kappa shape index (κ3) is 5.92. The fraction of sp³-hybridized carbons (Fsp3) is 0.0400. The number of anilines is 2. The van der Waals surface area contributed by atoms with Crippen molar-refractivity contribution in [3.05, 3.63) is 93.1 Å². The van der Waals surface area contributed by atoms with Crippen molar-refractivity contribution < 1.29 is 30.2 Å². The summed E-state index contributed by atoms with van der Waals surface area (Å²) in [4.78, 5) is 2.51. The first-order valence-electron chi connectivity index (χ1n) is 11.6. The fourth-order valence-corrected chi connectivity index (χ4v) is 7.12. The zero-order valence-electron chi connectivity index (χ0n) is 21.2. The number of halogens is 3. The van der Waals surface area contributed by atoms with Crippen LogP contribution in [0.2, 0.25) is 10.0 Å².